The number of fused-ring (bicyclic) bond motifs is 2. The molecule has 0 nitrogen and oxygen atoms in total. The molecule has 3 aromatic rings. The first-order valence-corrected chi connectivity index (χ1v) is 10.6. The number of allylic oxidation sites excluding steroid dienone is 1. The van der Waals surface area contributed by atoms with Gasteiger partial charge in [-0.25, -0.2) is 0 Å². The molecular weight excluding hydrogens is 324 g/mol. The molecule has 138 valence electrons. The van der Waals surface area contributed by atoms with E-state index in [1.807, 2.05) is 0 Å². The maximum Gasteiger partial charge on any atom is -0.00134 e. The van der Waals surface area contributed by atoms with Gasteiger partial charge in [0.2, 0.25) is 0 Å². The minimum absolute atomic E-state index is 1.06. The first kappa shape index (κ1) is 18.0. The smallest absolute Gasteiger partial charge is 0.00134 e. The first-order chi connectivity index (χ1) is 13.3. The molecule has 0 aliphatic heterocycles. The standard InChI is InChI=1S/C27H30/c1-3-5-9-20-13-21(10-6-4-2)15-24(14-20)27-18-25-16-22-11-7-8-12-23(22)17-26(25)19-27/h7-8,11-18H,3-6,9-10,19H2,1-2H3. The summed E-state index contributed by atoms with van der Waals surface area (Å²) in [5, 5.41) is 2.69. The molecule has 1 aliphatic rings. The Kier molecular flexibility index (Phi) is 5.43. The molecule has 0 amide bonds. The minimum atomic E-state index is 1.06. The molecule has 27 heavy (non-hydrogen) atoms. The molecule has 0 radical (unpaired) electrons. The molecule has 0 spiro atoms. The van der Waals surface area contributed by atoms with E-state index in [1.165, 1.54) is 82.7 Å². The normalized spacial score (nSPS) is 13.0. The molecule has 0 bridgehead atoms. The quantitative estimate of drug-likeness (QED) is 0.409. The van der Waals surface area contributed by atoms with Gasteiger partial charge in [-0.05, 0) is 82.3 Å². The van der Waals surface area contributed by atoms with Crippen molar-refractivity contribution in [2.75, 3.05) is 0 Å². The predicted molar refractivity (Wildman–Crippen MR) is 119 cm³/mol. The van der Waals surface area contributed by atoms with Gasteiger partial charge in [0, 0.05) is 0 Å². The third-order valence-corrected chi connectivity index (χ3v) is 5.78. The number of benzene rings is 3. The number of rotatable bonds is 7. The van der Waals surface area contributed by atoms with Gasteiger partial charge in [-0.3, -0.25) is 0 Å². The SMILES string of the molecule is CCCCc1cc(CCCC)cc(C2=Cc3cc4ccccc4cc3C2)c1. The second-order valence-electron chi connectivity index (χ2n) is 7.99. The molecule has 4 rings (SSSR count). The molecular formula is C27H30. The van der Waals surface area contributed by atoms with Gasteiger partial charge in [0.25, 0.3) is 0 Å². The van der Waals surface area contributed by atoms with E-state index in [1.54, 1.807) is 0 Å². The van der Waals surface area contributed by atoms with Crippen molar-refractivity contribution in [1.82, 2.24) is 0 Å². The van der Waals surface area contributed by atoms with Crippen LogP contribution in [0.1, 0.15) is 67.3 Å². The van der Waals surface area contributed by atoms with Crippen LogP contribution in [0.4, 0.5) is 0 Å². The Bertz CT molecular complexity index is 948. The van der Waals surface area contributed by atoms with E-state index in [2.05, 4.69) is 74.5 Å². The Morgan fingerprint density at radius 1 is 0.741 bits per heavy atom. The lowest BCUT2D eigenvalue weighted by molar-refractivity contribution is 0.780. The van der Waals surface area contributed by atoms with Gasteiger partial charge in [-0.2, -0.15) is 0 Å². The molecule has 0 heteroatoms. The highest BCUT2D eigenvalue weighted by molar-refractivity contribution is 5.94. The van der Waals surface area contributed by atoms with Crippen LogP contribution in [-0.4, -0.2) is 0 Å². The zero-order valence-electron chi connectivity index (χ0n) is 16.7. The van der Waals surface area contributed by atoms with Gasteiger partial charge in [0.05, 0.1) is 0 Å². The van der Waals surface area contributed by atoms with E-state index in [0.717, 1.165) is 6.42 Å². The van der Waals surface area contributed by atoms with E-state index < -0.39 is 0 Å². The lowest BCUT2D eigenvalue weighted by atomic mass is 9.94. The third kappa shape index (κ3) is 4.00. The summed E-state index contributed by atoms with van der Waals surface area (Å²) in [6.45, 7) is 4.56. The van der Waals surface area contributed by atoms with Crippen LogP contribution in [0.3, 0.4) is 0 Å². The van der Waals surface area contributed by atoms with Gasteiger partial charge in [0.1, 0.15) is 0 Å². The van der Waals surface area contributed by atoms with E-state index in [4.69, 9.17) is 0 Å². The van der Waals surface area contributed by atoms with Crippen LogP contribution in [0.15, 0.2) is 54.6 Å². The topological polar surface area (TPSA) is 0 Å². The third-order valence-electron chi connectivity index (χ3n) is 5.78. The summed E-state index contributed by atoms with van der Waals surface area (Å²) < 4.78 is 0. The van der Waals surface area contributed by atoms with Crippen LogP contribution in [0.25, 0.3) is 22.4 Å². The summed E-state index contributed by atoms with van der Waals surface area (Å²) >= 11 is 0. The van der Waals surface area contributed by atoms with Crippen LogP contribution in [-0.2, 0) is 19.3 Å². The van der Waals surface area contributed by atoms with Crippen LogP contribution in [0.2, 0.25) is 0 Å². The molecule has 0 unspecified atom stereocenters. The van der Waals surface area contributed by atoms with Crippen molar-refractivity contribution in [2.45, 2.75) is 58.8 Å². The van der Waals surface area contributed by atoms with Crippen molar-refractivity contribution < 1.29 is 0 Å². The molecule has 0 fully saturated rings. The van der Waals surface area contributed by atoms with Crippen molar-refractivity contribution in [1.29, 1.82) is 0 Å². The molecule has 0 saturated heterocycles. The van der Waals surface area contributed by atoms with Gasteiger partial charge in [-0.1, -0.05) is 81.3 Å². The van der Waals surface area contributed by atoms with Crippen molar-refractivity contribution in [3.8, 4) is 0 Å². The largest absolute Gasteiger partial charge is 0.0654 e. The zero-order chi connectivity index (χ0) is 18.6. The van der Waals surface area contributed by atoms with Crippen molar-refractivity contribution in [3.05, 3.63) is 82.4 Å². The molecule has 1 aliphatic carbocycles. The Labute approximate surface area is 163 Å². The van der Waals surface area contributed by atoms with Gasteiger partial charge >= 0.3 is 0 Å². The summed E-state index contributed by atoms with van der Waals surface area (Å²) in [7, 11) is 0. The van der Waals surface area contributed by atoms with E-state index in [-0.39, 0.29) is 0 Å². The molecule has 0 heterocycles. The summed E-state index contributed by atoms with van der Waals surface area (Å²) in [5.41, 5.74) is 8.83. The molecule has 3 aromatic carbocycles. The number of hydrogen-bond donors (Lipinski definition) is 0. The lowest BCUT2D eigenvalue weighted by Gasteiger charge is -2.11. The summed E-state index contributed by atoms with van der Waals surface area (Å²) in [6, 6.07) is 20.8. The Hall–Kier alpha value is -2.34. The second kappa shape index (κ2) is 8.13. The van der Waals surface area contributed by atoms with Gasteiger partial charge in [0.15, 0.2) is 0 Å². The van der Waals surface area contributed by atoms with Crippen molar-refractivity contribution in [3.63, 3.8) is 0 Å². The van der Waals surface area contributed by atoms with Crippen molar-refractivity contribution >= 4 is 22.4 Å². The molecule has 0 saturated carbocycles. The maximum atomic E-state index is 2.45. The average molecular weight is 355 g/mol. The van der Waals surface area contributed by atoms with Gasteiger partial charge < -0.3 is 0 Å². The highest BCUT2D eigenvalue weighted by atomic mass is 14.2. The monoisotopic (exact) mass is 354 g/mol. The van der Waals surface area contributed by atoms with Crippen molar-refractivity contribution in [2.24, 2.45) is 0 Å². The zero-order valence-corrected chi connectivity index (χ0v) is 16.7. The fourth-order valence-corrected chi connectivity index (χ4v) is 4.22. The van der Waals surface area contributed by atoms with E-state index >= 15 is 0 Å². The van der Waals surface area contributed by atoms with Crippen LogP contribution in [0.5, 0.6) is 0 Å². The molecule has 0 atom stereocenters. The van der Waals surface area contributed by atoms with Crippen LogP contribution >= 0.6 is 0 Å². The van der Waals surface area contributed by atoms with Crippen LogP contribution in [0, 0.1) is 0 Å². The highest BCUT2D eigenvalue weighted by Gasteiger charge is 2.16. The fraction of sp³-hybridized carbons (Fsp3) is 0.333. The first-order valence-electron chi connectivity index (χ1n) is 10.6. The number of hydrogen-bond acceptors (Lipinski definition) is 0. The number of aryl methyl sites for hydroxylation is 2. The Balaban J connectivity index is 1.68. The predicted octanol–water partition coefficient (Wildman–Crippen LogP) is 7.62. The van der Waals surface area contributed by atoms with E-state index in [0.29, 0.717) is 0 Å². The number of unbranched alkanes of at least 4 members (excludes halogenated alkanes) is 2. The lowest BCUT2D eigenvalue weighted by Crippen LogP contribution is -1.95. The maximum absolute atomic E-state index is 2.45. The Morgan fingerprint density at radius 2 is 1.37 bits per heavy atom. The van der Waals surface area contributed by atoms with E-state index in [9.17, 15) is 0 Å². The Morgan fingerprint density at radius 3 is 2.00 bits per heavy atom. The summed E-state index contributed by atoms with van der Waals surface area (Å²) in [6.07, 6.45) is 11.0. The average Bonchev–Trinajstić information content (AvgIpc) is 3.11. The summed E-state index contributed by atoms with van der Waals surface area (Å²) in [4.78, 5) is 0. The summed E-state index contributed by atoms with van der Waals surface area (Å²) in [5.74, 6) is 0. The fourth-order valence-electron chi connectivity index (χ4n) is 4.22. The molecule has 0 N–H and O–H groups in total. The highest BCUT2D eigenvalue weighted by Crippen LogP contribution is 2.35. The second-order valence-corrected chi connectivity index (χ2v) is 7.99. The van der Waals surface area contributed by atoms with Crippen LogP contribution < -0.4 is 0 Å². The molecule has 0 aromatic heterocycles. The minimum Gasteiger partial charge on any atom is -0.0654 e. The van der Waals surface area contributed by atoms with Gasteiger partial charge in [-0.15, -0.1) is 0 Å².